The van der Waals surface area contributed by atoms with Crippen LogP contribution in [0.15, 0.2) is 194 Å². The molecule has 2 aliphatic rings. The van der Waals surface area contributed by atoms with E-state index in [2.05, 4.69) is 188 Å². The molecule has 0 radical (unpaired) electrons. The van der Waals surface area contributed by atoms with Gasteiger partial charge < -0.3 is 4.74 Å². The highest BCUT2D eigenvalue weighted by atomic mass is 32.1. The van der Waals surface area contributed by atoms with Gasteiger partial charge in [-0.2, -0.15) is 0 Å². The van der Waals surface area contributed by atoms with E-state index in [0.717, 1.165) is 60.9 Å². The molecule has 3 nitrogen and oxygen atoms in total. The van der Waals surface area contributed by atoms with Crippen molar-refractivity contribution in [1.29, 1.82) is 0 Å². The van der Waals surface area contributed by atoms with Crippen LogP contribution in [0.5, 0.6) is 11.5 Å². The lowest BCUT2D eigenvalue weighted by molar-refractivity contribution is 0.436. The SMILES string of the molecule is c1ccc(-c2ccc(-c3nc(-c4cccc(-c5ccc6c(c5)-c5ccccc5C65c6ccccc6Oc6ccccc65)c4)c4sc5ccccc5c4n3)cc2)cc1. The van der Waals surface area contributed by atoms with Crippen molar-refractivity contribution in [3.05, 3.63) is 216 Å². The third-order valence-electron chi connectivity index (χ3n) is 11.8. The van der Waals surface area contributed by atoms with Crippen LogP contribution in [0.4, 0.5) is 0 Å². The monoisotopic (exact) mass is 744 g/mol. The summed E-state index contributed by atoms with van der Waals surface area (Å²) in [5.74, 6) is 2.53. The van der Waals surface area contributed by atoms with Gasteiger partial charge >= 0.3 is 0 Å². The summed E-state index contributed by atoms with van der Waals surface area (Å²) in [5.41, 5.74) is 15.6. The van der Waals surface area contributed by atoms with E-state index in [1.807, 2.05) is 6.07 Å². The maximum absolute atomic E-state index is 6.54. The topological polar surface area (TPSA) is 35.0 Å². The van der Waals surface area contributed by atoms with E-state index in [1.54, 1.807) is 11.3 Å². The van der Waals surface area contributed by atoms with E-state index in [4.69, 9.17) is 14.7 Å². The number of benzene rings is 8. The van der Waals surface area contributed by atoms with Crippen molar-refractivity contribution in [3.63, 3.8) is 0 Å². The molecule has 2 aromatic heterocycles. The number of aromatic nitrogens is 2. The molecule has 0 atom stereocenters. The van der Waals surface area contributed by atoms with Gasteiger partial charge in [0.15, 0.2) is 5.82 Å². The van der Waals surface area contributed by atoms with Crippen LogP contribution in [0, 0.1) is 0 Å². The summed E-state index contributed by atoms with van der Waals surface area (Å²) in [5, 5.41) is 1.15. The molecule has 12 rings (SSSR count). The first-order chi connectivity index (χ1) is 28.2. The van der Waals surface area contributed by atoms with Crippen LogP contribution in [0.2, 0.25) is 0 Å². The fraction of sp³-hybridized carbons (Fsp3) is 0.0189. The van der Waals surface area contributed by atoms with Gasteiger partial charge in [0, 0.05) is 32.3 Å². The van der Waals surface area contributed by atoms with Gasteiger partial charge in [0.1, 0.15) is 11.5 Å². The van der Waals surface area contributed by atoms with Crippen LogP contribution < -0.4 is 4.74 Å². The fourth-order valence-electron chi connectivity index (χ4n) is 9.24. The molecule has 4 heteroatoms. The number of hydrogen-bond donors (Lipinski definition) is 0. The summed E-state index contributed by atoms with van der Waals surface area (Å²) in [4.78, 5) is 10.6. The van der Waals surface area contributed by atoms with E-state index in [-0.39, 0.29) is 0 Å². The Morgan fingerprint density at radius 3 is 1.79 bits per heavy atom. The summed E-state index contributed by atoms with van der Waals surface area (Å²) in [6.07, 6.45) is 0. The van der Waals surface area contributed by atoms with Gasteiger partial charge in [0.2, 0.25) is 0 Å². The van der Waals surface area contributed by atoms with E-state index < -0.39 is 5.41 Å². The Balaban J connectivity index is 1.02. The Hall–Kier alpha value is -7.14. The van der Waals surface area contributed by atoms with Crippen LogP contribution in [0.3, 0.4) is 0 Å². The van der Waals surface area contributed by atoms with Gasteiger partial charge in [-0.3, -0.25) is 0 Å². The molecule has 0 N–H and O–H groups in total. The smallest absolute Gasteiger partial charge is 0.160 e. The van der Waals surface area contributed by atoms with E-state index >= 15 is 0 Å². The molecule has 0 saturated carbocycles. The predicted molar refractivity (Wildman–Crippen MR) is 234 cm³/mol. The minimum Gasteiger partial charge on any atom is -0.457 e. The van der Waals surface area contributed by atoms with Gasteiger partial charge in [-0.25, -0.2) is 9.97 Å². The second-order valence-corrected chi connectivity index (χ2v) is 15.9. The van der Waals surface area contributed by atoms with Gasteiger partial charge in [-0.15, -0.1) is 11.3 Å². The van der Waals surface area contributed by atoms with Crippen molar-refractivity contribution >= 4 is 31.6 Å². The molecule has 1 aliphatic heterocycles. The molecule has 10 aromatic rings. The van der Waals surface area contributed by atoms with Crippen LogP contribution in [0.1, 0.15) is 22.3 Å². The largest absolute Gasteiger partial charge is 0.457 e. The van der Waals surface area contributed by atoms with Crippen molar-refractivity contribution in [2.75, 3.05) is 0 Å². The van der Waals surface area contributed by atoms with Gasteiger partial charge in [-0.1, -0.05) is 164 Å². The molecule has 0 saturated heterocycles. The van der Waals surface area contributed by atoms with Gasteiger partial charge in [-0.05, 0) is 74.8 Å². The standard InChI is InChI=1S/C53H32N2OS/c1-2-13-33(14-3-1)34-25-27-35(28-26-34)52-54-49(51-50(55-52)40-18-5-11-24-48(40)57-51)38-16-12-15-36(31-38)37-29-30-43-41(32-37)39-17-4-6-19-42(39)53(43)44-20-7-9-22-46(44)56-47-23-10-8-21-45(47)53/h1-32H. The Kier molecular flexibility index (Phi) is 7.01. The highest BCUT2D eigenvalue weighted by molar-refractivity contribution is 7.26. The Labute approximate surface area is 334 Å². The first-order valence-electron chi connectivity index (χ1n) is 19.3. The summed E-state index contributed by atoms with van der Waals surface area (Å²) in [7, 11) is 0. The van der Waals surface area contributed by atoms with Crippen LogP contribution in [0.25, 0.3) is 76.3 Å². The van der Waals surface area contributed by atoms with Gasteiger partial charge in [0.05, 0.1) is 21.3 Å². The molecular formula is C53H32N2OS. The number of rotatable bonds is 4. The average Bonchev–Trinajstić information content (AvgIpc) is 3.80. The van der Waals surface area contributed by atoms with Crippen molar-refractivity contribution in [3.8, 4) is 67.5 Å². The third kappa shape index (κ3) is 4.78. The molecule has 266 valence electrons. The highest BCUT2D eigenvalue weighted by Crippen LogP contribution is 2.62. The number of para-hydroxylation sites is 2. The molecule has 0 amide bonds. The zero-order chi connectivity index (χ0) is 37.5. The maximum atomic E-state index is 6.54. The van der Waals surface area contributed by atoms with E-state index in [1.165, 1.54) is 49.2 Å². The van der Waals surface area contributed by atoms with Crippen molar-refractivity contribution in [1.82, 2.24) is 9.97 Å². The van der Waals surface area contributed by atoms with E-state index in [0.29, 0.717) is 0 Å². The predicted octanol–water partition coefficient (Wildman–Crippen LogP) is 14.0. The summed E-state index contributed by atoms with van der Waals surface area (Å²) in [6, 6.07) is 69.5. The minimum atomic E-state index is -0.485. The number of fused-ring (bicyclic) bond motifs is 12. The van der Waals surface area contributed by atoms with Crippen molar-refractivity contribution < 1.29 is 4.74 Å². The fourth-order valence-corrected chi connectivity index (χ4v) is 10.4. The van der Waals surface area contributed by atoms with E-state index in [9.17, 15) is 0 Å². The lowest BCUT2D eigenvalue weighted by Crippen LogP contribution is -2.32. The minimum absolute atomic E-state index is 0.485. The zero-order valence-electron chi connectivity index (χ0n) is 30.7. The lowest BCUT2D eigenvalue weighted by Gasteiger charge is -2.39. The molecule has 8 aromatic carbocycles. The quantitative estimate of drug-likeness (QED) is 0.180. The van der Waals surface area contributed by atoms with Crippen LogP contribution in [-0.2, 0) is 5.41 Å². The maximum Gasteiger partial charge on any atom is 0.160 e. The summed E-state index contributed by atoms with van der Waals surface area (Å²) in [6.45, 7) is 0. The second kappa shape index (κ2) is 12.4. The molecule has 0 bridgehead atoms. The normalized spacial score (nSPS) is 13.2. The Bertz CT molecular complexity index is 3170. The molecule has 0 unspecified atom stereocenters. The van der Waals surface area contributed by atoms with Crippen LogP contribution >= 0.6 is 11.3 Å². The first-order valence-corrected chi connectivity index (χ1v) is 20.1. The Morgan fingerprint density at radius 2 is 0.982 bits per heavy atom. The molecule has 1 spiro atoms. The number of nitrogens with zero attached hydrogens (tertiary/aromatic N) is 2. The summed E-state index contributed by atoms with van der Waals surface area (Å²) >= 11 is 1.76. The molecule has 0 fully saturated rings. The number of thiophene rings is 1. The zero-order valence-corrected chi connectivity index (χ0v) is 31.5. The van der Waals surface area contributed by atoms with Crippen LogP contribution in [-0.4, -0.2) is 9.97 Å². The van der Waals surface area contributed by atoms with Gasteiger partial charge in [0.25, 0.3) is 0 Å². The molecule has 57 heavy (non-hydrogen) atoms. The highest BCUT2D eigenvalue weighted by Gasteiger charge is 2.50. The average molecular weight is 745 g/mol. The number of ether oxygens (including phenoxy) is 1. The summed E-state index contributed by atoms with van der Waals surface area (Å²) < 4.78 is 8.85. The van der Waals surface area contributed by atoms with Crippen molar-refractivity contribution in [2.24, 2.45) is 0 Å². The second-order valence-electron chi connectivity index (χ2n) is 14.8. The molecular weight excluding hydrogens is 713 g/mol. The molecule has 3 heterocycles. The lowest BCUT2D eigenvalue weighted by atomic mass is 9.66. The van der Waals surface area contributed by atoms with Crippen molar-refractivity contribution in [2.45, 2.75) is 5.41 Å². The molecule has 1 aliphatic carbocycles. The number of hydrogen-bond acceptors (Lipinski definition) is 4. The first kappa shape index (κ1) is 32.1. The Morgan fingerprint density at radius 1 is 0.404 bits per heavy atom. The third-order valence-corrected chi connectivity index (χ3v) is 13.0.